The molecule has 1 amide bonds. The van der Waals surface area contributed by atoms with Gasteiger partial charge in [0.25, 0.3) is 5.91 Å². The number of carbonyl (C=O) groups is 1. The summed E-state index contributed by atoms with van der Waals surface area (Å²) >= 11 is 5.80. The van der Waals surface area contributed by atoms with Gasteiger partial charge in [-0.2, -0.15) is 5.10 Å². The van der Waals surface area contributed by atoms with Crippen molar-refractivity contribution in [1.29, 1.82) is 0 Å². The molecule has 0 spiro atoms. The molecule has 0 unspecified atom stereocenters. The minimum absolute atomic E-state index is 0.180. The number of nitrogens with zero attached hydrogens (tertiary/aromatic N) is 4. The second-order valence-corrected chi connectivity index (χ2v) is 3.72. The van der Waals surface area contributed by atoms with E-state index >= 15 is 0 Å². The Hall–Kier alpha value is -1.95. The molecule has 1 N–H and O–H groups in total. The fourth-order valence-corrected chi connectivity index (χ4v) is 1.48. The average molecular weight is 252 g/mol. The Morgan fingerprint density at radius 2 is 2.35 bits per heavy atom. The van der Waals surface area contributed by atoms with Crippen molar-refractivity contribution in [3.05, 3.63) is 41.2 Å². The highest BCUT2D eigenvalue weighted by molar-refractivity contribution is 6.32. The number of amides is 1. The summed E-state index contributed by atoms with van der Waals surface area (Å²) in [5, 5.41) is 6.89. The average Bonchev–Trinajstić information content (AvgIpc) is 2.73. The van der Waals surface area contributed by atoms with Crippen molar-refractivity contribution >= 4 is 17.5 Å². The molecule has 0 bridgehead atoms. The fraction of sp³-hybridized carbons (Fsp3) is 0.200. The van der Waals surface area contributed by atoms with Crippen LogP contribution in [0.3, 0.4) is 0 Å². The molecular formula is C10H10ClN5O. The second kappa shape index (κ2) is 4.92. The first-order valence-corrected chi connectivity index (χ1v) is 5.28. The lowest BCUT2D eigenvalue weighted by atomic mass is 10.2. The third-order valence-electron chi connectivity index (χ3n) is 2.06. The van der Waals surface area contributed by atoms with Gasteiger partial charge in [-0.1, -0.05) is 11.6 Å². The normalized spacial score (nSPS) is 10.2. The Morgan fingerprint density at radius 3 is 3.00 bits per heavy atom. The van der Waals surface area contributed by atoms with Crippen molar-refractivity contribution in [2.75, 3.05) is 0 Å². The summed E-state index contributed by atoms with van der Waals surface area (Å²) < 4.78 is 1.57. The number of pyridine rings is 1. The van der Waals surface area contributed by atoms with E-state index in [1.54, 1.807) is 30.2 Å². The molecule has 2 heterocycles. The molecule has 0 saturated carbocycles. The molecule has 0 aliphatic rings. The zero-order valence-corrected chi connectivity index (χ0v) is 9.85. The van der Waals surface area contributed by atoms with Gasteiger partial charge in [0.2, 0.25) is 0 Å². The van der Waals surface area contributed by atoms with Gasteiger partial charge < -0.3 is 5.32 Å². The highest BCUT2D eigenvalue weighted by Gasteiger charge is 2.10. The van der Waals surface area contributed by atoms with Gasteiger partial charge in [0.15, 0.2) is 5.82 Å². The molecule has 7 heteroatoms. The summed E-state index contributed by atoms with van der Waals surface area (Å²) in [7, 11) is 1.76. The number of carbonyl (C=O) groups excluding carboxylic acids is 1. The Labute approximate surface area is 103 Å². The molecule has 2 aromatic heterocycles. The number of halogens is 1. The first kappa shape index (κ1) is 11.5. The number of rotatable bonds is 3. The number of hydrogen-bond donors (Lipinski definition) is 1. The zero-order chi connectivity index (χ0) is 12.3. The molecule has 6 nitrogen and oxygen atoms in total. The first-order chi connectivity index (χ1) is 8.16. The smallest absolute Gasteiger partial charge is 0.254 e. The van der Waals surface area contributed by atoms with Crippen molar-refractivity contribution < 1.29 is 4.79 Å². The van der Waals surface area contributed by atoms with E-state index in [-0.39, 0.29) is 17.6 Å². The van der Waals surface area contributed by atoms with Crippen LogP contribution in [0.25, 0.3) is 0 Å². The fourth-order valence-electron chi connectivity index (χ4n) is 1.27. The summed E-state index contributed by atoms with van der Waals surface area (Å²) in [4.78, 5) is 19.6. The van der Waals surface area contributed by atoms with E-state index in [1.165, 1.54) is 6.20 Å². The van der Waals surface area contributed by atoms with E-state index in [0.29, 0.717) is 11.4 Å². The van der Waals surface area contributed by atoms with Gasteiger partial charge in [0.1, 0.15) is 11.5 Å². The van der Waals surface area contributed by atoms with Gasteiger partial charge in [-0.25, -0.2) is 9.97 Å². The van der Waals surface area contributed by atoms with E-state index in [0.717, 1.165) is 0 Å². The lowest BCUT2D eigenvalue weighted by Crippen LogP contribution is -2.24. The summed E-state index contributed by atoms with van der Waals surface area (Å²) in [5.41, 5.74) is 0.338. The standard InChI is InChI=1S/C10H10ClN5O/c1-16-6-14-8(15-16)5-13-10(17)7-3-2-4-12-9(7)11/h2-4,6H,5H2,1H3,(H,13,17). The van der Waals surface area contributed by atoms with E-state index in [1.807, 2.05) is 0 Å². The van der Waals surface area contributed by atoms with E-state index < -0.39 is 0 Å². The minimum Gasteiger partial charge on any atom is -0.345 e. The molecule has 0 radical (unpaired) electrons. The molecule has 0 fully saturated rings. The maximum Gasteiger partial charge on any atom is 0.254 e. The van der Waals surface area contributed by atoms with Gasteiger partial charge in [-0.15, -0.1) is 0 Å². The van der Waals surface area contributed by atoms with Crippen molar-refractivity contribution in [1.82, 2.24) is 25.1 Å². The van der Waals surface area contributed by atoms with Crippen LogP contribution in [0.1, 0.15) is 16.2 Å². The van der Waals surface area contributed by atoms with Crippen molar-refractivity contribution in [3.8, 4) is 0 Å². The van der Waals surface area contributed by atoms with Crippen LogP contribution in [0, 0.1) is 0 Å². The largest absolute Gasteiger partial charge is 0.345 e. The number of nitrogens with one attached hydrogen (secondary N) is 1. The van der Waals surface area contributed by atoms with Crippen molar-refractivity contribution in [3.63, 3.8) is 0 Å². The van der Waals surface area contributed by atoms with Crippen LogP contribution in [0.15, 0.2) is 24.7 Å². The lowest BCUT2D eigenvalue weighted by Gasteiger charge is -2.03. The van der Waals surface area contributed by atoms with Crippen molar-refractivity contribution in [2.45, 2.75) is 6.54 Å². The van der Waals surface area contributed by atoms with E-state index in [9.17, 15) is 4.79 Å². The first-order valence-electron chi connectivity index (χ1n) is 4.90. The monoisotopic (exact) mass is 251 g/mol. The summed E-state index contributed by atoms with van der Waals surface area (Å²) in [5.74, 6) is 0.247. The maximum absolute atomic E-state index is 11.7. The van der Waals surface area contributed by atoms with Crippen LogP contribution >= 0.6 is 11.6 Å². The van der Waals surface area contributed by atoms with Crippen LogP contribution < -0.4 is 5.32 Å². The van der Waals surface area contributed by atoms with Crippen LogP contribution in [0.5, 0.6) is 0 Å². The van der Waals surface area contributed by atoms with Crippen LogP contribution in [0.4, 0.5) is 0 Å². The van der Waals surface area contributed by atoms with E-state index in [2.05, 4.69) is 20.4 Å². The highest BCUT2D eigenvalue weighted by atomic mass is 35.5. The Bertz CT molecular complexity index is 539. The van der Waals surface area contributed by atoms with E-state index in [4.69, 9.17) is 11.6 Å². The lowest BCUT2D eigenvalue weighted by molar-refractivity contribution is 0.0949. The van der Waals surface area contributed by atoms with Gasteiger partial charge in [-0.3, -0.25) is 9.48 Å². The maximum atomic E-state index is 11.7. The quantitative estimate of drug-likeness (QED) is 0.819. The van der Waals surface area contributed by atoms with Crippen LogP contribution in [0.2, 0.25) is 5.15 Å². The summed E-state index contributed by atoms with van der Waals surface area (Å²) in [6, 6.07) is 3.26. The van der Waals surface area contributed by atoms with Crippen LogP contribution in [-0.4, -0.2) is 25.7 Å². The molecule has 2 aromatic rings. The predicted octanol–water partition coefficient (Wildman–Crippen LogP) is 0.793. The molecular weight excluding hydrogens is 242 g/mol. The second-order valence-electron chi connectivity index (χ2n) is 3.36. The van der Waals surface area contributed by atoms with Gasteiger partial charge >= 0.3 is 0 Å². The van der Waals surface area contributed by atoms with Crippen LogP contribution in [-0.2, 0) is 13.6 Å². The molecule has 0 aliphatic heterocycles. The minimum atomic E-state index is -0.296. The number of aryl methyl sites for hydroxylation is 1. The third-order valence-corrected chi connectivity index (χ3v) is 2.36. The molecule has 2 rings (SSSR count). The summed E-state index contributed by atoms with van der Waals surface area (Å²) in [6.45, 7) is 0.255. The Morgan fingerprint density at radius 1 is 1.53 bits per heavy atom. The SMILES string of the molecule is Cn1cnc(CNC(=O)c2cccnc2Cl)n1. The molecule has 17 heavy (non-hydrogen) atoms. The number of hydrogen-bond acceptors (Lipinski definition) is 4. The highest BCUT2D eigenvalue weighted by Crippen LogP contribution is 2.10. The molecule has 0 aliphatic carbocycles. The summed E-state index contributed by atoms with van der Waals surface area (Å²) in [6.07, 6.45) is 3.10. The molecule has 0 aromatic carbocycles. The third kappa shape index (κ3) is 2.79. The van der Waals surface area contributed by atoms with Gasteiger partial charge in [-0.05, 0) is 12.1 Å². The zero-order valence-electron chi connectivity index (χ0n) is 9.09. The molecule has 88 valence electrons. The predicted molar refractivity (Wildman–Crippen MR) is 61.4 cm³/mol. The topological polar surface area (TPSA) is 72.7 Å². The molecule has 0 atom stereocenters. The van der Waals surface area contributed by atoms with Crippen molar-refractivity contribution in [2.24, 2.45) is 7.05 Å². The van der Waals surface area contributed by atoms with Gasteiger partial charge in [0, 0.05) is 13.2 Å². The van der Waals surface area contributed by atoms with Gasteiger partial charge in [0.05, 0.1) is 12.1 Å². The number of aromatic nitrogens is 4. The molecule has 0 saturated heterocycles. The Balaban J connectivity index is 2.01. The Kier molecular flexibility index (Phi) is 3.34.